The number of benzene rings is 1. The van der Waals surface area contributed by atoms with Gasteiger partial charge in [-0.1, -0.05) is 11.6 Å². The Bertz CT molecular complexity index is 472. The fraction of sp³-hybridized carbons (Fsp3) is 0.533. The summed E-state index contributed by atoms with van der Waals surface area (Å²) in [6, 6.07) is 5.13. The second-order valence-electron chi connectivity index (χ2n) is 5.05. The molecular weight excluding hydrogens is 278 g/mol. The van der Waals surface area contributed by atoms with Crippen molar-refractivity contribution in [3.63, 3.8) is 0 Å². The molecule has 20 heavy (non-hydrogen) atoms. The van der Waals surface area contributed by atoms with E-state index < -0.39 is 0 Å². The van der Waals surface area contributed by atoms with Gasteiger partial charge in [-0.2, -0.15) is 0 Å². The molecule has 0 aromatic heterocycles. The standard InChI is InChI=1S/C15H20ClNO3/c1-10-8-11(16)5-6-12(10)15(18)17-13(9-19-2)14-4-3-7-20-14/h5-6,8,13-14H,3-4,7,9H2,1-2H3,(H,17,18)/t13-,14-/m0/s1. The molecule has 0 unspecified atom stereocenters. The van der Waals surface area contributed by atoms with E-state index in [1.165, 1.54) is 0 Å². The largest absolute Gasteiger partial charge is 0.382 e. The van der Waals surface area contributed by atoms with Gasteiger partial charge in [0, 0.05) is 24.3 Å². The van der Waals surface area contributed by atoms with Crippen molar-refractivity contribution in [1.82, 2.24) is 5.32 Å². The van der Waals surface area contributed by atoms with Crippen LogP contribution in [0.3, 0.4) is 0 Å². The van der Waals surface area contributed by atoms with Crippen LogP contribution in [0.2, 0.25) is 5.02 Å². The summed E-state index contributed by atoms with van der Waals surface area (Å²) in [6.45, 7) is 3.07. The number of aryl methyl sites for hydroxylation is 1. The van der Waals surface area contributed by atoms with Crippen molar-refractivity contribution in [1.29, 1.82) is 0 Å². The van der Waals surface area contributed by atoms with Gasteiger partial charge in [0.15, 0.2) is 0 Å². The normalized spacial score (nSPS) is 19.9. The van der Waals surface area contributed by atoms with E-state index in [0.29, 0.717) is 17.2 Å². The highest BCUT2D eigenvalue weighted by molar-refractivity contribution is 6.30. The van der Waals surface area contributed by atoms with Crippen LogP contribution in [-0.4, -0.2) is 38.4 Å². The molecule has 5 heteroatoms. The van der Waals surface area contributed by atoms with Gasteiger partial charge in [0.2, 0.25) is 0 Å². The molecule has 1 heterocycles. The topological polar surface area (TPSA) is 47.6 Å². The Morgan fingerprint density at radius 3 is 3.00 bits per heavy atom. The first kappa shape index (κ1) is 15.3. The van der Waals surface area contributed by atoms with Gasteiger partial charge in [0.1, 0.15) is 0 Å². The molecule has 0 aliphatic carbocycles. The Morgan fingerprint density at radius 2 is 2.40 bits per heavy atom. The van der Waals surface area contributed by atoms with E-state index in [2.05, 4.69) is 5.32 Å². The maximum atomic E-state index is 12.4. The number of nitrogens with one attached hydrogen (secondary N) is 1. The second-order valence-corrected chi connectivity index (χ2v) is 5.48. The minimum absolute atomic E-state index is 0.0338. The number of carbonyl (C=O) groups excluding carboxylic acids is 1. The number of carbonyl (C=O) groups is 1. The summed E-state index contributed by atoms with van der Waals surface area (Å²) in [4.78, 5) is 12.4. The highest BCUT2D eigenvalue weighted by Crippen LogP contribution is 2.18. The van der Waals surface area contributed by atoms with Crippen molar-refractivity contribution < 1.29 is 14.3 Å². The van der Waals surface area contributed by atoms with Crippen molar-refractivity contribution in [3.8, 4) is 0 Å². The lowest BCUT2D eigenvalue weighted by atomic mass is 10.1. The molecule has 0 spiro atoms. The minimum atomic E-state index is -0.120. The molecule has 0 saturated carbocycles. The molecule has 0 bridgehead atoms. The number of methoxy groups -OCH3 is 1. The quantitative estimate of drug-likeness (QED) is 0.909. The zero-order chi connectivity index (χ0) is 14.5. The Morgan fingerprint density at radius 1 is 1.60 bits per heavy atom. The van der Waals surface area contributed by atoms with Gasteiger partial charge in [0.25, 0.3) is 5.91 Å². The molecule has 1 aromatic rings. The molecule has 1 N–H and O–H groups in total. The molecule has 2 rings (SSSR count). The highest BCUT2D eigenvalue weighted by atomic mass is 35.5. The summed E-state index contributed by atoms with van der Waals surface area (Å²) in [6.07, 6.45) is 2.01. The van der Waals surface area contributed by atoms with Gasteiger partial charge in [-0.15, -0.1) is 0 Å². The van der Waals surface area contributed by atoms with Gasteiger partial charge < -0.3 is 14.8 Å². The summed E-state index contributed by atoms with van der Waals surface area (Å²) >= 11 is 5.91. The molecule has 110 valence electrons. The van der Waals surface area contributed by atoms with Crippen molar-refractivity contribution in [2.24, 2.45) is 0 Å². The third kappa shape index (κ3) is 3.72. The highest BCUT2D eigenvalue weighted by Gasteiger charge is 2.27. The fourth-order valence-electron chi connectivity index (χ4n) is 2.47. The monoisotopic (exact) mass is 297 g/mol. The van der Waals surface area contributed by atoms with Gasteiger partial charge in [-0.25, -0.2) is 0 Å². The Kier molecular flexibility index (Phi) is 5.40. The average Bonchev–Trinajstić information content (AvgIpc) is 2.91. The van der Waals surface area contributed by atoms with Crippen molar-refractivity contribution in [2.75, 3.05) is 20.3 Å². The van der Waals surface area contributed by atoms with Crippen LogP contribution in [-0.2, 0) is 9.47 Å². The van der Waals surface area contributed by atoms with E-state index >= 15 is 0 Å². The molecule has 2 atom stereocenters. The number of halogens is 1. The van der Waals surface area contributed by atoms with Crippen LogP contribution < -0.4 is 5.32 Å². The third-order valence-corrected chi connectivity index (χ3v) is 3.74. The third-order valence-electron chi connectivity index (χ3n) is 3.51. The molecule has 1 fully saturated rings. The lowest BCUT2D eigenvalue weighted by Gasteiger charge is -2.23. The smallest absolute Gasteiger partial charge is 0.251 e. The Labute approximate surface area is 124 Å². The van der Waals surface area contributed by atoms with Crippen molar-refractivity contribution >= 4 is 17.5 Å². The molecular formula is C15H20ClNO3. The van der Waals surface area contributed by atoms with Crippen LogP contribution >= 0.6 is 11.6 Å². The number of ether oxygens (including phenoxy) is 2. The molecule has 4 nitrogen and oxygen atoms in total. The zero-order valence-electron chi connectivity index (χ0n) is 11.8. The van der Waals surface area contributed by atoms with Gasteiger partial charge >= 0.3 is 0 Å². The number of amides is 1. The van der Waals surface area contributed by atoms with Crippen LogP contribution in [0.1, 0.15) is 28.8 Å². The van der Waals surface area contributed by atoms with Gasteiger partial charge in [-0.3, -0.25) is 4.79 Å². The summed E-state index contributed by atoms with van der Waals surface area (Å²) in [7, 11) is 1.63. The molecule has 1 aliphatic rings. The maximum absolute atomic E-state index is 12.4. The Hall–Kier alpha value is -1.10. The SMILES string of the molecule is COC[C@H](NC(=O)c1ccc(Cl)cc1C)[C@@H]1CCCO1. The lowest BCUT2D eigenvalue weighted by molar-refractivity contribution is 0.0403. The second kappa shape index (κ2) is 7.07. The predicted molar refractivity (Wildman–Crippen MR) is 78.3 cm³/mol. The van der Waals surface area contributed by atoms with E-state index in [4.69, 9.17) is 21.1 Å². The van der Waals surface area contributed by atoms with Crippen LogP contribution in [0.25, 0.3) is 0 Å². The summed E-state index contributed by atoms with van der Waals surface area (Å²) in [5.74, 6) is -0.114. The van der Waals surface area contributed by atoms with Crippen molar-refractivity contribution in [3.05, 3.63) is 34.3 Å². The van der Waals surface area contributed by atoms with Gasteiger partial charge in [-0.05, 0) is 43.5 Å². The summed E-state index contributed by atoms with van der Waals surface area (Å²) in [5, 5.41) is 3.64. The van der Waals surface area contributed by atoms with E-state index in [-0.39, 0.29) is 18.1 Å². The van der Waals surface area contributed by atoms with E-state index in [1.54, 1.807) is 25.3 Å². The molecule has 1 aromatic carbocycles. The van der Waals surface area contributed by atoms with E-state index in [9.17, 15) is 4.79 Å². The predicted octanol–water partition coefficient (Wildman–Crippen LogP) is 2.57. The fourth-order valence-corrected chi connectivity index (χ4v) is 2.70. The average molecular weight is 298 g/mol. The number of hydrogen-bond acceptors (Lipinski definition) is 3. The molecule has 0 radical (unpaired) electrons. The molecule has 1 saturated heterocycles. The van der Waals surface area contributed by atoms with E-state index in [1.807, 2.05) is 6.92 Å². The first-order chi connectivity index (χ1) is 9.61. The van der Waals surface area contributed by atoms with Crippen LogP contribution in [0.15, 0.2) is 18.2 Å². The maximum Gasteiger partial charge on any atom is 0.251 e. The minimum Gasteiger partial charge on any atom is -0.382 e. The summed E-state index contributed by atoms with van der Waals surface area (Å²) < 4.78 is 10.8. The molecule has 1 amide bonds. The first-order valence-corrected chi connectivity index (χ1v) is 7.17. The first-order valence-electron chi connectivity index (χ1n) is 6.79. The van der Waals surface area contributed by atoms with Crippen LogP contribution in [0.4, 0.5) is 0 Å². The molecule has 1 aliphatic heterocycles. The lowest BCUT2D eigenvalue weighted by Crippen LogP contribution is -2.46. The summed E-state index contributed by atoms with van der Waals surface area (Å²) in [5.41, 5.74) is 1.49. The van der Waals surface area contributed by atoms with Crippen LogP contribution in [0, 0.1) is 6.92 Å². The van der Waals surface area contributed by atoms with Crippen LogP contribution in [0.5, 0.6) is 0 Å². The number of rotatable bonds is 5. The van der Waals surface area contributed by atoms with Gasteiger partial charge in [0.05, 0.1) is 18.8 Å². The van der Waals surface area contributed by atoms with E-state index in [0.717, 1.165) is 25.0 Å². The zero-order valence-corrected chi connectivity index (χ0v) is 12.6. The Balaban J connectivity index is 2.07. The number of hydrogen-bond donors (Lipinski definition) is 1. The van der Waals surface area contributed by atoms with Crippen molar-refractivity contribution in [2.45, 2.75) is 31.9 Å².